The van der Waals surface area contributed by atoms with Crippen LogP contribution >= 0.6 is 23.4 Å². The van der Waals surface area contributed by atoms with Crippen LogP contribution in [0.25, 0.3) is 10.9 Å². The summed E-state index contributed by atoms with van der Waals surface area (Å²) >= 11 is 7.84. The third kappa shape index (κ3) is 4.99. The molecular weight excluding hydrogens is 386 g/mol. The lowest BCUT2D eigenvalue weighted by Crippen LogP contribution is -2.15. The lowest BCUT2D eigenvalue weighted by atomic mass is 10.2. The van der Waals surface area contributed by atoms with Gasteiger partial charge in [0.15, 0.2) is 6.61 Å². The van der Waals surface area contributed by atoms with Crippen LogP contribution in [0.4, 0.5) is 0 Å². The van der Waals surface area contributed by atoms with Gasteiger partial charge in [-0.25, -0.2) is 9.78 Å². The topological polar surface area (TPSA) is 65.5 Å². The zero-order chi connectivity index (χ0) is 19.2. The van der Waals surface area contributed by atoms with E-state index in [9.17, 15) is 9.59 Å². The molecule has 0 bridgehead atoms. The van der Waals surface area contributed by atoms with E-state index in [0.717, 1.165) is 22.1 Å². The number of nitrogens with zero attached hydrogens (tertiary/aromatic N) is 1. The fraction of sp³-hybridized carbons (Fsp3) is 0.150. The van der Waals surface area contributed by atoms with E-state index in [-0.39, 0.29) is 13.2 Å². The Kier molecular flexibility index (Phi) is 6.32. The lowest BCUT2D eigenvalue weighted by molar-refractivity contribution is -0.147. The number of ether oxygens (including phenoxy) is 2. The monoisotopic (exact) mass is 401 g/mol. The molecule has 0 aliphatic carbocycles. The first-order valence-corrected chi connectivity index (χ1v) is 9.66. The summed E-state index contributed by atoms with van der Waals surface area (Å²) in [5.41, 5.74) is 1.96. The number of fused-ring (bicyclic) bond motifs is 1. The van der Waals surface area contributed by atoms with Crippen molar-refractivity contribution in [1.29, 1.82) is 0 Å². The number of halogens is 1. The number of aromatic nitrogens is 1. The molecule has 0 atom stereocenters. The molecule has 27 heavy (non-hydrogen) atoms. The standard InChI is InChI=1S/C20H16ClNO4S/c1-27-17-7-4-14-8-15(20(21)22-18(14)9-17)11-26-19(24)12-25-16-5-2-13(10-23)3-6-16/h2-10H,11-12H2,1H3. The van der Waals surface area contributed by atoms with Crippen molar-refractivity contribution >= 4 is 46.5 Å². The smallest absolute Gasteiger partial charge is 0.344 e. The molecule has 7 heteroatoms. The quantitative estimate of drug-likeness (QED) is 0.250. The number of carbonyl (C=O) groups excluding carboxylic acids is 2. The van der Waals surface area contributed by atoms with Gasteiger partial charge in [-0.1, -0.05) is 17.7 Å². The normalized spacial score (nSPS) is 10.6. The van der Waals surface area contributed by atoms with E-state index >= 15 is 0 Å². The van der Waals surface area contributed by atoms with Crippen molar-refractivity contribution in [1.82, 2.24) is 4.98 Å². The van der Waals surface area contributed by atoms with Crippen LogP contribution in [0.5, 0.6) is 5.75 Å². The van der Waals surface area contributed by atoms with E-state index in [1.54, 1.807) is 36.0 Å². The Hall–Kier alpha value is -2.57. The van der Waals surface area contributed by atoms with E-state index in [1.165, 1.54) is 0 Å². The van der Waals surface area contributed by atoms with Gasteiger partial charge in [-0.15, -0.1) is 11.8 Å². The highest BCUT2D eigenvalue weighted by Crippen LogP contribution is 2.25. The lowest BCUT2D eigenvalue weighted by Gasteiger charge is -2.09. The van der Waals surface area contributed by atoms with Crippen molar-refractivity contribution in [2.24, 2.45) is 0 Å². The summed E-state index contributed by atoms with van der Waals surface area (Å²) in [6, 6.07) is 14.2. The molecule has 138 valence electrons. The van der Waals surface area contributed by atoms with Gasteiger partial charge in [0.1, 0.15) is 23.8 Å². The van der Waals surface area contributed by atoms with Crippen LogP contribution in [0.15, 0.2) is 53.4 Å². The minimum absolute atomic E-state index is 0.0122. The van der Waals surface area contributed by atoms with Gasteiger partial charge in [-0.2, -0.15) is 0 Å². The molecule has 3 rings (SSSR count). The molecule has 1 heterocycles. The van der Waals surface area contributed by atoms with E-state index in [1.807, 2.05) is 30.5 Å². The van der Waals surface area contributed by atoms with Gasteiger partial charge < -0.3 is 9.47 Å². The molecule has 0 amide bonds. The van der Waals surface area contributed by atoms with Crippen LogP contribution in [0.1, 0.15) is 15.9 Å². The number of aldehydes is 1. The van der Waals surface area contributed by atoms with E-state index in [0.29, 0.717) is 22.0 Å². The molecule has 0 radical (unpaired) electrons. The molecule has 3 aromatic rings. The fourth-order valence-electron chi connectivity index (χ4n) is 2.38. The molecule has 0 N–H and O–H groups in total. The number of carbonyl (C=O) groups is 2. The fourth-order valence-corrected chi connectivity index (χ4v) is 3.01. The molecule has 0 aliphatic heterocycles. The molecule has 0 aliphatic rings. The Morgan fingerprint density at radius 2 is 1.96 bits per heavy atom. The van der Waals surface area contributed by atoms with Crippen molar-refractivity contribution in [2.75, 3.05) is 12.9 Å². The maximum Gasteiger partial charge on any atom is 0.344 e. The summed E-state index contributed by atoms with van der Waals surface area (Å²) < 4.78 is 10.6. The number of rotatable bonds is 7. The van der Waals surface area contributed by atoms with Crippen molar-refractivity contribution < 1.29 is 19.1 Å². The van der Waals surface area contributed by atoms with Crippen molar-refractivity contribution in [3.05, 3.63) is 64.8 Å². The van der Waals surface area contributed by atoms with Crippen LogP contribution in [0.2, 0.25) is 5.15 Å². The van der Waals surface area contributed by atoms with E-state index in [2.05, 4.69) is 4.98 Å². The van der Waals surface area contributed by atoms with Crippen LogP contribution in [-0.2, 0) is 16.1 Å². The first-order valence-electron chi connectivity index (χ1n) is 8.06. The first kappa shape index (κ1) is 19.2. The summed E-state index contributed by atoms with van der Waals surface area (Å²) in [4.78, 5) is 28.0. The predicted molar refractivity (Wildman–Crippen MR) is 106 cm³/mol. The number of thioether (sulfide) groups is 1. The zero-order valence-corrected chi connectivity index (χ0v) is 16.0. The van der Waals surface area contributed by atoms with Gasteiger partial charge in [0.25, 0.3) is 0 Å². The predicted octanol–water partition coefficient (Wildman–Crippen LogP) is 4.54. The second kappa shape index (κ2) is 8.88. The molecule has 0 spiro atoms. The number of pyridine rings is 1. The third-order valence-electron chi connectivity index (χ3n) is 3.81. The van der Waals surface area contributed by atoms with Gasteiger partial charge >= 0.3 is 5.97 Å². The summed E-state index contributed by atoms with van der Waals surface area (Å²) in [5, 5.41) is 1.23. The second-order valence-electron chi connectivity index (χ2n) is 5.63. The molecule has 0 unspecified atom stereocenters. The summed E-state index contributed by atoms with van der Waals surface area (Å²) in [5.74, 6) is -0.0455. The van der Waals surface area contributed by atoms with Gasteiger partial charge in [0.2, 0.25) is 0 Å². The number of hydrogen-bond acceptors (Lipinski definition) is 6. The average Bonchev–Trinajstić information content (AvgIpc) is 2.70. The minimum Gasteiger partial charge on any atom is -0.482 e. The number of benzene rings is 2. The second-order valence-corrected chi connectivity index (χ2v) is 6.87. The summed E-state index contributed by atoms with van der Waals surface area (Å²) in [6.45, 7) is -0.228. The van der Waals surface area contributed by atoms with Gasteiger partial charge in [-0.3, -0.25) is 4.79 Å². The highest BCUT2D eigenvalue weighted by atomic mass is 35.5. The van der Waals surface area contributed by atoms with Crippen LogP contribution < -0.4 is 4.74 Å². The van der Waals surface area contributed by atoms with E-state index in [4.69, 9.17) is 21.1 Å². The Balaban J connectivity index is 1.59. The Morgan fingerprint density at radius 3 is 2.67 bits per heavy atom. The minimum atomic E-state index is -0.525. The van der Waals surface area contributed by atoms with Crippen molar-refractivity contribution in [3.63, 3.8) is 0 Å². The molecule has 2 aromatic carbocycles. The third-order valence-corrected chi connectivity index (χ3v) is 4.87. The molecule has 0 saturated carbocycles. The van der Waals surface area contributed by atoms with E-state index < -0.39 is 5.97 Å². The van der Waals surface area contributed by atoms with Gasteiger partial charge in [-0.05, 0) is 48.7 Å². The summed E-state index contributed by atoms with van der Waals surface area (Å²) in [7, 11) is 0. The summed E-state index contributed by atoms with van der Waals surface area (Å²) in [6.07, 6.45) is 2.73. The first-order chi connectivity index (χ1) is 13.1. The Labute approximate surface area is 165 Å². The molecule has 0 fully saturated rings. The molecule has 5 nitrogen and oxygen atoms in total. The highest BCUT2D eigenvalue weighted by Gasteiger charge is 2.10. The largest absolute Gasteiger partial charge is 0.482 e. The van der Waals surface area contributed by atoms with Crippen molar-refractivity contribution in [3.8, 4) is 5.75 Å². The SMILES string of the molecule is CSc1ccc2cc(COC(=O)COc3ccc(C=O)cc3)c(Cl)nc2c1. The van der Waals surface area contributed by atoms with Crippen LogP contribution in [0.3, 0.4) is 0 Å². The molecule has 0 saturated heterocycles. The Morgan fingerprint density at radius 1 is 1.19 bits per heavy atom. The molecule has 1 aromatic heterocycles. The maximum absolute atomic E-state index is 11.9. The molecular formula is C20H16ClNO4S. The van der Waals surface area contributed by atoms with Crippen LogP contribution in [0, 0.1) is 0 Å². The van der Waals surface area contributed by atoms with Gasteiger partial charge in [0, 0.05) is 21.4 Å². The Bertz CT molecular complexity index is 976. The maximum atomic E-state index is 11.9. The highest BCUT2D eigenvalue weighted by molar-refractivity contribution is 7.98. The van der Waals surface area contributed by atoms with Gasteiger partial charge in [0.05, 0.1) is 5.52 Å². The zero-order valence-electron chi connectivity index (χ0n) is 14.5. The number of esters is 1. The average molecular weight is 402 g/mol. The van der Waals surface area contributed by atoms with Crippen molar-refractivity contribution in [2.45, 2.75) is 11.5 Å². The van der Waals surface area contributed by atoms with Crippen LogP contribution in [-0.4, -0.2) is 30.1 Å². The number of hydrogen-bond donors (Lipinski definition) is 0.